The van der Waals surface area contributed by atoms with Crippen molar-refractivity contribution < 1.29 is 19.2 Å². The Morgan fingerprint density at radius 1 is 1.45 bits per heavy atom. The van der Waals surface area contributed by atoms with E-state index in [1.54, 1.807) is 6.92 Å². The molecule has 0 radical (unpaired) electrons. The summed E-state index contributed by atoms with van der Waals surface area (Å²) >= 11 is 1.43. The van der Waals surface area contributed by atoms with Crippen molar-refractivity contribution in [3.63, 3.8) is 0 Å². The predicted octanol–water partition coefficient (Wildman–Crippen LogP) is 1.85. The van der Waals surface area contributed by atoms with Gasteiger partial charge in [0.25, 0.3) is 0 Å². The van der Waals surface area contributed by atoms with Gasteiger partial charge < -0.3 is 14.5 Å². The van der Waals surface area contributed by atoms with Gasteiger partial charge in [-0.15, -0.1) is 11.8 Å². The number of rotatable bonds is 7. The van der Waals surface area contributed by atoms with Gasteiger partial charge in [0.15, 0.2) is 0 Å². The number of likely N-dealkylation sites (N-methyl/N-ethyl adjacent to an activating group) is 1. The first kappa shape index (κ1) is 16.6. The molecule has 6 nitrogen and oxygen atoms in total. The number of carbonyl (C=O) groups is 2. The first-order valence-corrected chi connectivity index (χ1v) is 7.51. The van der Waals surface area contributed by atoms with E-state index in [0.717, 1.165) is 17.0 Å². The number of hydrogen-bond acceptors (Lipinski definition) is 5. The number of aromatic nitrogens is 1. The maximum atomic E-state index is 11.9. The summed E-state index contributed by atoms with van der Waals surface area (Å²) in [7, 11) is 1.53. The van der Waals surface area contributed by atoms with Crippen LogP contribution < -0.4 is 0 Å². The molecule has 1 amide bonds. The molecule has 0 bridgehead atoms. The lowest BCUT2D eigenvalue weighted by atomic mass is 10.2. The van der Waals surface area contributed by atoms with Crippen LogP contribution >= 0.6 is 11.8 Å². The zero-order valence-corrected chi connectivity index (χ0v) is 13.0. The van der Waals surface area contributed by atoms with E-state index in [0.29, 0.717) is 12.2 Å². The Morgan fingerprint density at radius 2 is 2.10 bits per heavy atom. The third-order valence-electron chi connectivity index (χ3n) is 3.19. The van der Waals surface area contributed by atoms with Crippen molar-refractivity contribution in [3.05, 3.63) is 17.0 Å². The van der Waals surface area contributed by atoms with Crippen molar-refractivity contribution in [1.29, 1.82) is 0 Å². The summed E-state index contributed by atoms with van der Waals surface area (Å²) in [6, 6.07) is -0.762. The molecular formula is C13H20N2O4S. The van der Waals surface area contributed by atoms with Gasteiger partial charge in [0, 0.05) is 18.4 Å². The fourth-order valence-electron chi connectivity index (χ4n) is 1.84. The molecule has 0 saturated carbocycles. The second-order valence-corrected chi connectivity index (χ2v) is 5.55. The van der Waals surface area contributed by atoms with Crippen LogP contribution in [-0.4, -0.2) is 45.9 Å². The summed E-state index contributed by atoms with van der Waals surface area (Å²) in [6.45, 7) is 5.44. The van der Waals surface area contributed by atoms with Gasteiger partial charge in [0.1, 0.15) is 11.8 Å². The van der Waals surface area contributed by atoms with E-state index < -0.39 is 12.0 Å². The van der Waals surface area contributed by atoms with Crippen LogP contribution in [-0.2, 0) is 15.3 Å². The molecule has 1 heterocycles. The smallest absolute Gasteiger partial charge is 0.326 e. The Kier molecular flexibility index (Phi) is 6.06. The van der Waals surface area contributed by atoms with E-state index in [1.165, 1.54) is 23.7 Å². The summed E-state index contributed by atoms with van der Waals surface area (Å²) in [6.07, 6.45) is 0.395. The molecule has 1 atom stereocenters. The number of carbonyl (C=O) groups excluding carboxylic acids is 1. The number of aryl methyl sites for hydroxylation is 2. The van der Waals surface area contributed by atoms with E-state index in [1.807, 2.05) is 13.8 Å². The molecule has 1 aromatic rings. The number of amides is 1. The van der Waals surface area contributed by atoms with Gasteiger partial charge in [-0.3, -0.25) is 4.79 Å². The Hall–Kier alpha value is -1.50. The molecule has 0 aliphatic carbocycles. The fourth-order valence-corrected chi connectivity index (χ4v) is 2.93. The van der Waals surface area contributed by atoms with E-state index in [2.05, 4.69) is 5.16 Å². The average molecular weight is 300 g/mol. The summed E-state index contributed by atoms with van der Waals surface area (Å²) in [5.41, 5.74) is 1.82. The van der Waals surface area contributed by atoms with Crippen LogP contribution in [0.3, 0.4) is 0 Å². The summed E-state index contributed by atoms with van der Waals surface area (Å²) < 4.78 is 5.05. The lowest BCUT2D eigenvalue weighted by Crippen LogP contribution is -2.42. The number of carboxylic acid groups (broad SMARTS) is 1. The second-order valence-electron chi connectivity index (χ2n) is 4.56. The Bertz CT molecular complexity index is 467. The largest absolute Gasteiger partial charge is 0.480 e. The highest BCUT2D eigenvalue weighted by Gasteiger charge is 2.24. The maximum absolute atomic E-state index is 11.9. The molecular weight excluding hydrogens is 280 g/mol. The Balaban J connectivity index is 2.49. The van der Waals surface area contributed by atoms with Crippen LogP contribution in [0, 0.1) is 13.8 Å². The minimum atomic E-state index is -0.973. The molecule has 0 aliphatic heterocycles. The van der Waals surface area contributed by atoms with Gasteiger partial charge in [-0.1, -0.05) is 12.1 Å². The normalized spacial score (nSPS) is 12.2. The van der Waals surface area contributed by atoms with Crippen molar-refractivity contribution in [2.45, 2.75) is 39.0 Å². The first-order valence-electron chi connectivity index (χ1n) is 6.36. The molecule has 1 rings (SSSR count). The average Bonchev–Trinajstić information content (AvgIpc) is 2.70. The number of aliphatic carboxylic acids is 1. The topological polar surface area (TPSA) is 83.6 Å². The predicted molar refractivity (Wildman–Crippen MR) is 76.6 cm³/mol. The maximum Gasteiger partial charge on any atom is 0.326 e. The third kappa shape index (κ3) is 4.00. The third-order valence-corrected chi connectivity index (χ3v) is 4.13. The van der Waals surface area contributed by atoms with Crippen molar-refractivity contribution in [2.75, 3.05) is 12.8 Å². The van der Waals surface area contributed by atoms with E-state index in [9.17, 15) is 9.59 Å². The number of carboxylic acids is 1. The molecule has 1 N–H and O–H groups in total. The number of nitrogens with zero attached hydrogens (tertiary/aromatic N) is 2. The monoisotopic (exact) mass is 300 g/mol. The fraction of sp³-hybridized carbons (Fsp3) is 0.615. The highest BCUT2D eigenvalue weighted by atomic mass is 32.2. The molecule has 1 aromatic heterocycles. The molecule has 20 heavy (non-hydrogen) atoms. The van der Waals surface area contributed by atoms with Gasteiger partial charge >= 0.3 is 5.97 Å². The van der Waals surface area contributed by atoms with Crippen molar-refractivity contribution in [3.8, 4) is 0 Å². The summed E-state index contributed by atoms with van der Waals surface area (Å²) in [4.78, 5) is 24.2. The molecule has 0 spiro atoms. The van der Waals surface area contributed by atoms with Gasteiger partial charge in [0.2, 0.25) is 5.91 Å². The second kappa shape index (κ2) is 7.33. The van der Waals surface area contributed by atoms with Crippen LogP contribution in [0.15, 0.2) is 4.52 Å². The molecule has 0 fully saturated rings. The van der Waals surface area contributed by atoms with E-state index >= 15 is 0 Å². The summed E-state index contributed by atoms with van der Waals surface area (Å²) in [5.74, 6) is 0.470. The van der Waals surface area contributed by atoms with Crippen molar-refractivity contribution in [1.82, 2.24) is 10.1 Å². The molecule has 0 aromatic carbocycles. The molecule has 112 valence electrons. The zero-order chi connectivity index (χ0) is 15.3. The SMILES string of the molecule is CCC(C(=O)O)N(C)C(=O)CSCc1c(C)noc1C. The van der Waals surface area contributed by atoms with Crippen molar-refractivity contribution >= 4 is 23.6 Å². The molecule has 7 heteroatoms. The van der Waals surface area contributed by atoms with Crippen LogP contribution in [0.5, 0.6) is 0 Å². The molecule has 0 saturated heterocycles. The minimum absolute atomic E-state index is 0.184. The van der Waals surface area contributed by atoms with Crippen LogP contribution in [0.25, 0.3) is 0 Å². The molecule has 0 aliphatic rings. The van der Waals surface area contributed by atoms with Gasteiger partial charge in [-0.2, -0.15) is 0 Å². The lowest BCUT2D eigenvalue weighted by Gasteiger charge is -2.23. The van der Waals surface area contributed by atoms with Gasteiger partial charge in [-0.25, -0.2) is 4.79 Å². The first-order chi connectivity index (χ1) is 9.38. The number of thioether (sulfide) groups is 1. The van der Waals surface area contributed by atoms with Crippen LogP contribution in [0.2, 0.25) is 0 Å². The lowest BCUT2D eigenvalue weighted by molar-refractivity contribution is -0.148. The Labute approximate surface area is 122 Å². The van der Waals surface area contributed by atoms with Crippen molar-refractivity contribution in [2.24, 2.45) is 0 Å². The van der Waals surface area contributed by atoms with E-state index in [-0.39, 0.29) is 11.7 Å². The minimum Gasteiger partial charge on any atom is -0.480 e. The molecule has 1 unspecified atom stereocenters. The highest BCUT2D eigenvalue weighted by Crippen LogP contribution is 2.20. The highest BCUT2D eigenvalue weighted by molar-refractivity contribution is 7.99. The standard InChI is InChI=1S/C13H20N2O4S/c1-5-11(13(17)18)15(4)12(16)7-20-6-10-8(2)14-19-9(10)3/h11H,5-7H2,1-4H3,(H,17,18). The van der Waals surface area contributed by atoms with E-state index in [4.69, 9.17) is 9.63 Å². The van der Waals surface area contributed by atoms with Crippen LogP contribution in [0.1, 0.15) is 30.4 Å². The quantitative estimate of drug-likeness (QED) is 0.827. The van der Waals surface area contributed by atoms with Gasteiger partial charge in [0.05, 0.1) is 11.4 Å². The summed E-state index contributed by atoms with van der Waals surface area (Å²) in [5, 5.41) is 12.9. The number of hydrogen-bond donors (Lipinski definition) is 1. The van der Waals surface area contributed by atoms with Gasteiger partial charge in [-0.05, 0) is 20.3 Å². The van der Waals surface area contributed by atoms with Crippen LogP contribution in [0.4, 0.5) is 0 Å². The zero-order valence-electron chi connectivity index (χ0n) is 12.2. The Morgan fingerprint density at radius 3 is 2.55 bits per heavy atom.